The van der Waals surface area contributed by atoms with Gasteiger partial charge < -0.3 is 5.73 Å². The minimum atomic E-state index is 0.631. The van der Waals surface area contributed by atoms with Crippen LogP contribution in [-0.2, 0) is 12.3 Å². The summed E-state index contributed by atoms with van der Waals surface area (Å²) in [4.78, 5) is 0. The zero-order chi connectivity index (χ0) is 10.7. The molecule has 1 aromatic carbocycles. The summed E-state index contributed by atoms with van der Waals surface area (Å²) in [6.45, 7) is 2.83. The Morgan fingerprint density at radius 1 is 1.40 bits per heavy atom. The molecule has 1 heterocycles. The smallest absolute Gasteiger partial charge is 0.0346 e. The summed E-state index contributed by atoms with van der Waals surface area (Å²) in [6, 6.07) is 6.54. The average molecular weight is 237 g/mol. The van der Waals surface area contributed by atoms with E-state index in [9.17, 15) is 0 Å². The van der Waals surface area contributed by atoms with Crippen LogP contribution in [-0.4, -0.2) is 5.75 Å². The summed E-state index contributed by atoms with van der Waals surface area (Å²) in [6.07, 6.45) is 0. The van der Waals surface area contributed by atoms with E-state index in [4.69, 9.17) is 5.73 Å². The Morgan fingerprint density at radius 3 is 3.00 bits per heavy atom. The molecule has 0 bridgehead atoms. The van der Waals surface area contributed by atoms with Crippen molar-refractivity contribution >= 4 is 33.2 Å². The number of fused-ring (bicyclic) bond motifs is 1. The summed E-state index contributed by atoms with van der Waals surface area (Å²) in [5.74, 6) is 2.29. The molecule has 2 aromatic rings. The second-order valence-corrected chi connectivity index (χ2v) is 5.62. The second-order valence-electron chi connectivity index (χ2n) is 3.43. The largest absolute Gasteiger partial charge is 0.326 e. The Hall–Kier alpha value is -0.510. The summed E-state index contributed by atoms with van der Waals surface area (Å²) in [5.41, 5.74) is 8.34. The SMILES string of the molecule is CCSCc1csc2ccc(CN)cc12. The number of rotatable bonds is 4. The molecular weight excluding hydrogens is 222 g/mol. The van der Waals surface area contributed by atoms with Crippen LogP contribution in [0.3, 0.4) is 0 Å². The monoisotopic (exact) mass is 237 g/mol. The fourth-order valence-corrected chi connectivity index (χ4v) is 3.29. The zero-order valence-electron chi connectivity index (χ0n) is 8.82. The van der Waals surface area contributed by atoms with Crippen LogP contribution < -0.4 is 5.73 Å². The first-order valence-corrected chi connectivity index (χ1v) is 7.15. The number of thiophene rings is 1. The van der Waals surface area contributed by atoms with Crippen LogP contribution in [0.15, 0.2) is 23.6 Å². The van der Waals surface area contributed by atoms with E-state index in [0.717, 1.165) is 5.75 Å². The Labute approximate surface area is 98.7 Å². The molecule has 2 rings (SSSR count). The van der Waals surface area contributed by atoms with Crippen LogP contribution in [0.2, 0.25) is 0 Å². The standard InChI is InChI=1S/C12H15NS2/c1-2-14-7-10-8-15-12-4-3-9(6-13)5-11(10)12/h3-5,8H,2,6-7,13H2,1H3. The molecule has 0 saturated carbocycles. The maximum Gasteiger partial charge on any atom is 0.0346 e. The quantitative estimate of drug-likeness (QED) is 0.879. The van der Waals surface area contributed by atoms with Gasteiger partial charge in [0.2, 0.25) is 0 Å². The minimum absolute atomic E-state index is 0.631. The lowest BCUT2D eigenvalue weighted by molar-refractivity contribution is 1.08. The van der Waals surface area contributed by atoms with E-state index in [1.807, 2.05) is 23.1 Å². The Kier molecular flexibility index (Phi) is 3.67. The van der Waals surface area contributed by atoms with E-state index < -0.39 is 0 Å². The minimum Gasteiger partial charge on any atom is -0.326 e. The molecule has 0 amide bonds. The third-order valence-electron chi connectivity index (χ3n) is 2.42. The summed E-state index contributed by atoms with van der Waals surface area (Å²) in [5, 5.41) is 3.66. The first kappa shape index (κ1) is 11.0. The fraction of sp³-hybridized carbons (Fsp3) is 0.333. The number of nitrogens with two attached hydrogens (primary N) is 1. The predicted molar refractivity (Wildman–Crippen MR) is 71.6 cm³/mol. The van der Waals surface area contributed by atoms with Crippen LogP contribution in [0.5, 0.6) is 0 Å². The topological polar surface area (TPSA) is 26.0 Å². The molecule has 0 fully saturated rings. The van der Waals surface area contributed by atoms with Gasteiger partial charge >= 0.3 is 0 Å². The number of hydrogen-bond acceptors (Lipinski definition) is 3. The normalized spacial score (nSPS) is 11.1. The summed E-state index contributed by atoms with van der Waals surface area (Å²) < 4.78 is 1.37. The van der Waals surface area contributed by atoms with Gasteiger partial charge in [0.25, 0.3) is 0 Å². The van der Waals surface area contributed by atoms with E-state index in [0.29, 0.717) is 6.54 Å². The first-order valence-electron chi connectivity index (χ1n) is 5.12. The highest BCUT2D eigenvalue weighted by molar-refractivity contribution is 7.98. The van der Waals surface area contributed by atoms with Gasteiger partial charge in [-0.1, -0.05) is 13.0 Å². The highest BCUT2D eigenvalue weighted by Gasteiger charge is 2.04. The van der Waals surface area contributed by atoms with Gasteiger partial charge in [0.15, 0.2) is 0 Å². The molecule has 0 unspecified atom stereocenters. The van der Waals surface area contributed by atoms with Crippen molar-refractivity contribution in [3.63, 3.8) is 0 Å². The van der Waals surface area contributed by atoms with Crippen molar-refractivity contribution in [2.75, 3.05) is 5.75 Å². The molecular formula is C12H15NS2. The predicted octanol–water partition coefficient (Wildman–Crippen LogP) is 3.61. The van der Waals surface area contributed by atoms with Gasteiger partial charge in [-0.15, -0.1) is 11.3 Å². The first-order chi connectivity index (χ1) is 7.35. The van der Waals surface area contributed by atoms with Crippen molar-refractivity contribution < 1.29 is 0 Å². The van der Waals surface area contributed by atoms with Gasteiger partial charge in [-0.05, 0) is 39.8 Å². The van der Waals surface area contributed by atoms with Gasteiger partial charge in [0.05, 0.1) is 0 Å². The molecule has 1 nitrogen and oxygen atoms in total. The lowest BCUT2D eigenvalue weighted by atomic mass is 10.1. The summed E-state index contributed by atoms with van der Waals surface area (Å²) in [7, 11) is 0. The number of thioether (sulfide) groups is 1. The third kappa shape index (κ3) is 2.36. The van der Waals surface area contributed by atoms with E-state index in [-0.39, 0.29) is 0 Å². The molecule has 3 heteroatoms. The van der Waals surface area contributed by atoms with Crippen LogP contribution in [0.25, 0.3) is 10.1 Å². The lowest BCUT2D eigenvalue weighted by Crippen LogP contribution is -1.95. The van der Waals surface area contributed by atoms with Crippen LogP contribution >= 0.6 is 23.1 Å². The van der Waals surface area contributed by atoms with Gasteiger partial charge in [-0.3, -0.25) is 0 Å². The maximum absolute atomic E-state index is 5.66. The average Bonchev–Trinajstić information content (AvgIpc) is 2.68. The van der Waals surface area contributed by atoms with Gasteiger partial charge in [-0.25, -0.2) is 0 Å². The highest BCUT2D eigenvalue weighted by atomic mass is 32.2. The van der Waals surface area contributed by atoms with Crippen molar-refractivity contribution in [1.29, 1.82) is 0 Å². The third-order valence-corrected chi connectivity index (χ3v) is 4.35. The molecule has 0 spiro atoms. The maximum atomic E-state index is 5.66. The van der Waals surface area contributed by atoms with Crippen LogP contribution in [0.4, 0.5) is 0 Å². The molecule has 0 saturated heterocycles. The number of benzene rings is 1. The van der Waals surface area contributed by atoms with Gasteiger partial charge in [0, 0.05) is 17.0 Å². The van der Waals surface area contributed by atoms with E-state index >= 15 is 0 Å². The van der Waals surface area contributed by atoms with E-state index in [2.05, 4.69) is 30.5 Å². The highest BCUT2D eigenvalue weighted by Crippen LogP contribution is 2.29. The van der Waals surface area contributed by atoms with E-state index in [1.54, 1.807) is 0 Å². The van der Waals surface area contributed by atoms with E-state index in [1.165, 1.54) is 27.0 Å². The molecule has 0 radical (unpaired) electrons. The van der Waals surface area contributed by atoms with Crippen LogP contribution in [0, 0.1) is 0 Å². The molecule has 15 heavy (non-hydrogen) atoms. The van der Waals surface area contributed by atoms with Crippen molar-refractivity contribution in [3.8, 4) is 0 Å². The fourth-order valence-electron chi connectivity index (χ4n) is 1.58. The van der Waals surface area contributed by atoms with Gasteiger partial charge in [-0.2, -0.15) is 11.8 Å². The molecule has 1 aromatic heterocycles. The molecule has 80 valence electrons. The molecule has 0 aliphatic rings. The Bertz CT molecular complexity index is 448. The van der Waals surface area contributed by atoms with Crippen LogP contribution in [0.1, 0.15) is 18.1 Å². The summed E-state index contributed by atoms with van der Waals surface area (Å²) >= 11 is 3.80. The molecule has 0 aliphatic heterocycles. The molecule has 0 aliphatic carbocycles. The van der Waals surface area contributed by atoms with Crippen molar-refractivity contribution in [2.24, 2.45) is 5.73 Å². The van der Waals surface area contributed by atoms with Crippen molar-refractivity contribution in [2.45, 2.75) is 19.2 Å². The van der Waals surface area contributed by atoms with Crippen molar-refractivity contribution in [3.05, 3.63) is 34.7 Å². The Balaban J connectivity index is 2.38. The zero-order valence-corrected chi connectivity index (χ0v) is 10.5. The second kappa shape index (κ2) is 5.01. The number of hydrogen-bond donors (Lipinski definition) is 1. The lowest BCUT2D eigenvalue weighted by Gasteiger charge is -2.00. The molecule has 0 atom stereocenters. The molecule has 2 N–H and O–H groups in total. The van der Waals surface area contributed by atoms with Gasteiger partial charge in [0.1, 0.15) is 0 Å². The van der Waals surface area contributed by atoms with Crippen molar-refractivity contribution in [1.82, 2.24) is 0 Å². The Morgan fingerprint density at radius 2 is 2.27 bits per heavy atom.